The van der Waals surface area contributed by atoms with E-state index in [-0.39, 0.29) is 0 Å². The molecule has 0 spiro atoms. The fourth-order valence-electron chi connectivity index (χ4n) is 2.08. The first-order valence-electron chi connectivity index (χ1n) is 6.03. The molecule has 1 aliphatic heterocycles. The Bertz CT molecular complexity index is 442. The van der Waals surface area contributed by atoms with Crippen LogP contribution in [0.2, 0.25) is 0 Å². The van der Waals surface area contributed by atoms with E-state index < -0.39 is 0 Å². The molecule has 1 aliphatic rings. The van der Waals surface area contributed by atoms with E-state index in [0.29, 0.717) is 30.6 Å². The van der Waals surface area contributed by atoms with Gasteiger partial charge in [-0.1, -0.05) is 6.58 Å². The Kier molecular flexibility index (Phi) is 4.16. The highest BCUT2D eigenvalue weighted by molar-refractivity contribution is 5.74. The molecule has 104 valence electrons. The van der Waals surface area contributed by atoms with E-state index in [1.165, 1.54) is 0 Å². The van der Waals surface area contributed by atoms with Crippen molar-refractivity contribution in [1.82, 2.24) is 4.90 Å². The summed E-state index contributed by atoms with van der Waals surface area (Å²) >= 11 is 0. The Hall–Kier alpha value is -1.88. The highest BCUT2D eigenvalue weighted by atomic mass is 16.5. The second kappa shape index (κ2) is 5.84. The van der Waals surface area contributed by atoms with Gasteiger partial charge in [-0.15, -0.1) is 0 Å². The second-order valence-corrected chi connectivity index (χ2v) is 4.15. The zero-order valence-corrected chi connectivity index (χ0v) is 11.6. The summed E-state index contributed by atoms with van der Waals surface area (Å²) in [5, 5.41) is 0. The summed E-state index contributed by atoms with van der Waals surface area (Å²) in [6.07, 6.45) is 0. The summed E-state index contributed by atoms with van der Waals surface area (Å²) in [6, 6.07) is 3.64. The lowest BCUT2D eigenvalue weighted by molar-refractivity contribution is 0.165. The number of hydrogen-bond acceptors (Lipinski definition) is 5. The minimum absolute atomic E-state index is 0.539. The van der Waals surface area contributed by atoms with Gasteiger partial charge in [-0.2, -0.15) is 0 Å². The molecule has 0 saturated carbocycles. The third-order valence-corrected chi connectivity index (χ3v) is 3.14. The average molecular weight is 265 g/mol. The van der Waals surface area contributed by atoms with Crippen LogP contribution in [0.25, 0.3) is 5.70 Å². The fourth-order valence-corrected chi connectivity index (χ4v) is 2.08. The molecule has 1 aromatic rings. The van der Waals surface area contributed by atoms with E-state index in [9.17, 15) is 0 Å². The average Bonchev–Trinajstić information content (AvgIpc) is 2.99. The van der Waals surface area contributed by atoms with Gasteiger partial charge in [-0.3, -0.25) is 0 Å². The van der Waals surface area contributed by atoms with Crippen molar-refractivity contribution in [2.24, 2.45) is 0 Å². The van der Waals surface area contributed by atoms with Crippen molar-refractivity contribution in [2.75, 3.05) is 41.2 Å². The zero-order chi connectivity index (χ0) is 13.8. The van der Waals surface area contributed by atoms with Crippen LogP contribution in [0.3, 0.4) is 0 Å². The van der Waals surface area contributed by atoms with Gasteiger partial charge < -0.3 is 23.8 Å². The number of hydrogen-bond donors (Lipinski definition) is 0. The molecule has 5 heteroatoms. The van der Waals surface area contributed by atoms with Gasteiger partial charge in [0.15, 0.2) is 0 Å². The number of benzene rings is 1. The van der Waals surface area contributed by atoms with Gasteiger partial charge in [0.25, 0.3) is 0 Å². The summed E-state index contributed by atoms with van der Waals surface area (Å²) in [7, 11) is 4.84. The molecule has 0 aliphatic carbocycles. The number of methoxy groups -OCH3 is 3. The van der Waals surface area contributed by atoms with Crippen LogP contribution in [0.5, 0.6) is 17.2 Å². The van der Waals surface area contributed by atoms with Gasteiger partial charge in [-0.05, 0) is 0 Å². The lowest BCUT2D eigenvalue weighted by atomic mass is 10.1. The minimum atomic E-state index is 0.539. The molecule has 0 radical (unpaired) electrons. The van der Waals surface area contributed by atoms with Gasteiger partial charge in [0.05, 0.1) is 33.5 Å². The van der Waals surface area contributed by atoms with Crippen LogP contribution in [0, 0.1) is 0 Å². The Morgan fingerprint density at radius 3 is 2.21 bits per heavy atom. The van der Waals surface area contributed by atoms with E-state index in [2.05, 4.69) is 6.58 Å². The highest BCUT2D eigenvalue weighted by Gasteiger charge is 2.22. The molecule has 0 amide bonds. The molecule has 2 rings (SSSR count). The largest absolute Gasteiger partial charge is 0.496 e. The van der Waals surface area contributed by atoms with Crippen molar-refractivity contribution < 1.29 is 18.9 Å². The quantitative estimate of drug-likeness (QED) is 0.814. The Labute approximate surface area is 113 Å². The minimum Gasteiger partial charge on any atom is -0.496 e. The first-order chi connectivity index (χ1) is 9.21. The van der Waals surface area contributed by atoms with Crippen LogP contribution >= 0.6 is 0 Å². The first-order valence-corrected chi connectivity index (χ1v) is 6.03. The van der Waals surface area contributed by atoms with Gasteiger partial charge in [0.2, 0.25) is 0 Å². The van der Waals surface area contributed by atoms with E-state index in [1.807, 2.05) is 17.0 Å². The molecule has 0 aromatic heterocycles. The van der Waals surface area contributed by atoms with Crippen LogP contribution in [-0.2, 0) is 4.74 Å². The maximum atomic E-state index is 5.42. The Morgan fingerprint density at radius 2 is 1.79 bits per heavy atom. The SMILES string of the molecule is C=C(c1c(OC)cc(OC)cc1OC)N1CCOC1. The molecule has 1 fully saturated rings. The lowest BCUT2D eigenvalue weighted by Gasteiger charge is -2.23. The van der Waals surface area contributed by atoms with Crippen LogP contribution < -0.4 is 14.2 Å². The molecule has 1 aromatic carbocycles. The fraction of sp³-hybridized carbons (Fsp3) is 0.429. The zero-order valence-electron chi connectivity index (χ0n) is 11.6. The summed E-state index contributed by atoms with van der Waals surface area (Å²) in [4.78, 5) is 2.05. The number of ether oxygens (including phenoxy) is 4. The number of rotatable bonds is 5. The normalized spacial score (nSPS) is 14.4. The van der Waals surface area contributed by atoms with Crippen LogP contribution in [0.15, 0.2) is 18.7 Å². The second-order valence-electron chi connectivity index (χ2n) is 4.15. The van der Waals surface area contributed by atoms with Crippen molar-refractivity contribution >= 4 is 5.70 Å². The van der Waals surface area contributed by atoms with E-state index >= 15 is 0 Å². The summed E-state index contributed by atoms with van der Waals surface area (Å²) < 4.78 is 21.4. The third kappa shape index (κ3) is 2.61. The van der Waals surface area contributed by atoms with Gasteiger partial charge in [-0.25, -0.2) is 0 Å². The molecule has 1 heterocycles. The molecule has 0 bridgehead atoms. The van der Waals surface area contributed by atoms with E-state index in [1.54, 1.807) is 21.3 Å². The molecule has 5 nitrogen and oxygen atoms in total. The Morgan fingerprint density at radius 1 is 1.16 bits per heavy atom. The molecule has 19 heavy (non-hydrogen) atoms. The predicted octanol–water partition coefficient (Wildman–Crippen LogP) is 1.97. The summed E-state index contributed by atoms with van der Waals surface area (Å²) in [6.45, 7) is 6.19. The van der Waals surface area contributed by atoms with E-state index in [0.717, 1.165) is 17.8 Å². The summed E-state index contributed by atoms with van der Waals surface area (Å²) in [5.41, 5.74) is 1.66. The number of nitrogens with zero attached hydrogens (tertiary/aromatic N) is 1. The first kappa shape index (κ1) is 13.5. The van der Waals surface area contributed by atoms with E-state index in [4.69, 9.17) is 18.9 Å². The van der Waals surface area contributed by atoms with Crippen molar-refractivity contribution in [2.45, 2.75) is 0 Å². The van der Waals surface area contributed by atoms with Crippen LogP contribution in [0.1, 0.15) is 5.56 Å². The van der Waals surface area contributed by atoms with Gasteiger partial charge in [0.1, 0.15) is 24.0 Å². The van der Waals surface area contributed by atoms with Crippen molar-refractivity contribution in [1.29, 1.82) is 0 Å². The summed E-state index contributed by atoms with van der Waals surface area (Å²) in [5.74, 6) is 2.03. The van der Waals surface area contributed by atoms with Gasteiger partial charge in [0, 0.05) is 24.4 Å². The van der Waals surface area contributed by atoms with Gasteiger partial charge >= 0.3 is 0 Å². The highest BCUT2D eigenvalue weighted by Crippen LogP contribution is 2.39. The van der Waals surface area contributed by atoms with Crippen LogP contribution in [-0.4, -0.2) is 46.1 Å². The smallest absolute Gasteiger partial charge is 0.135 e. The van der Waals surface area contributed by atoms with Crippen molar-refractivity contribution in [3.63, 3.8) is 0 Å². The molecule has 0 unspecified atom stereocenters. The maximum absolute atomic E-state index is 5.42. The monoisotopic (exact) mass is 265 g/mol. The molecule has 0 atom stereocenters. The topological polar surface area (TPSA) is 40.2 Å². The third-order valence-electron chi connectivity index (χ3n) is 3.14. The lowest BCUT2D eigenvalue weighted by Crippen LogP contribution is -2.18. The van der Waals surface area contributed by atoms with Crippen molar-refractivity contribution in [3.8, 4) is 17.2 Å². The predicted molar refractivity (Wildman–Crippen MR) is 72.7 cm³/mol. The molecule has 0 N–H and O–H groups in total. The molecule has 1 saturated heterocycles. The standard InChI is InChI=1S/C14H19NO4/c1-10(15-5-6-19-9-15)14-12(17-3)7-11(16-2)8-13(14)18-4/h7-8H,1,5-6,9H2,2-4H3. The maximum Gasteiger partial charge on any atom is 0.135 e. The Balaban J connectivity index is 2.44. The molecular formula is C14H19NO4. The molecular weight excluding hydrogens is 246 g/mol. The van der Waals surface area contributed by atoms with Crippen molar-refractivity contribution in [3.05, 3.63) is 24.3 Å². The van der Waals surface area contributed by atoms with Crippen LogP contribution in [0.4, 0.5) is 0 Å².